The number of Topliss-reactive ketones (excluding diaryl/α,β-unsaturated/α-hetero) is 1. The third-order valence-electron chi connectivity index (χ3n) is 6.32. The Morgan fingerprint density at radius 3 is 2.62 bits per heavy atom. The molecule has 5 rings (SSSR count). The van der Waals surface area contributed by atoms with E-state index in [-0.39, 0.29) is 5.78 Å². The lowest BCUT2D eigenvalue weighted by atomic mass is 10.0. The molecule has 1 unspecified atom stereocenters. The zero-order chi connectivity index (χ0) is 23.5. The van der Waals surface area contributed by atoms with E-state index >= 15 is 0 Å². The molecule has 8 heteroatoms. The minimum atomic E-state index is -0.433. The predicted molar refractivity (Wildman–Crippen MR) is 136 cm³/mol. The molecule has 0 aliphatic carbocycles. The fourth-order valence-electron chi connectivity index (χ4n) is 4.51. The van der Waals surface area contributed by atoms with Gasteiger partial charge in [-0.15, -0.1) is 10.2 Å². The van der Waals surface area contributed by atoms with Crippen molar-refractivity contribution < 1.29 is 9.53 Å². The van der Waals surface area contributed by atoms with Gasteiger partial charge in [0.25, 0.3) is 0 Å². The monoisotopic (exact) mass is 475 g/mol. The smallest absolute Gasteiger partial charge is 0.228 e. The summed E-state index contributed by atoms with van der Waals surface area (Å²) in [5.74, 6) is 0.904. The normalized spacial score (nSPS) is 15.1. The number of para-hydroxylation sites is 1. The van der Waals surface area contributed by atoms with Crippen molar-refractivity contribution in [1.82, 2.24) is 19.7 Å². The number of fused-ring (bicyclic) bond motifs is 1. The lowest BCUT2D eigenvalue weighted by Gasteiger charge is -2.27. The van der Waals surface area contributed by atoms with Gasteiger partial charge in [-0.3, -0.25) is 9.36 Å². The van der Waals surface area contributed by atoms with Gasteiger partial charge in [-0.1, -0.05) is 67.2 Å². The highest BCUT2D eigenvalue weighted by atomic mass is 32.2. The predicted octanol–water partition coefficient (Wildman–Crippen LogP) is 4.89. The lowest BCUT2D eigenvalue weighted by molar-refractivity contribution is 0.0991. The first-order chi connectivity index (χ1) is 16.7. The maximum Gasteiger partial charge on any atom is 0.228 e. The van der Waals surface area contributed by atoms with Crippen molar-refractivity contribution >= 4 is 34.4 Å². The fraction of sp³-hybridized carbons (Fsp3) is 0.346. The van der Waals surface area contributed by atoms with Gasteiger partial charge < -0.3 is 14.6 Å². The number of anilines is 1. The van der Waals surface area contributed by atoms with Crippen LogP contribution in [0.2, 0.25) is 0 Å². The van der Waals surface area contributed by atoms with Crippen LogP contribution in [0.15, 0.2) is 59.9 Å². The van der Waals surface area contributed by atoms with Crippen LogP contribution >= 0.6 is 11.8 Å². The van der Waals surface area contributed by atoms with Crippen molar-refractivity contribution in [1.29, 1.82) is 0 Å². The van der Waals surface area contributed by atoms with Crippen molar-refractivity contribution in [3.05, 3.63) is 71.4 Å². The summed E-state index contributed by atoms with van der Waals surface area (Å²) in [5, 5.41) is 10.3. The molecule has 1 fully saturated rings. The van der Waals surface area contributed by atoms with Crippen LogP contribution in [-0.2, 0) is 17.7 Å². The standard InChI is InChI=1S/C26H29N5O2S/c1-3-18-11-8-12-20-21(17-27-22(18)20)23(32)24(19-9-6-5-7-10-19)34-26-29-28-25(31(26)4-2)30-13-15-33-16-14-30/h5-12,17,24,27H,3-4,13-16H2,1-2H3. The maximum absolute atomic E-state index is 14.0. The van der Waals surface area contributed by atoms with Crippen LogP contribution in [0.25, 0.3) is 10.9 Å². The van der Waals surface area contributed by atoms with E-state index in [4.69, 9.17) is 4.74 Å². The number of H-pyrrole nitrogens is 1. The molecule has 1 N–H and O–H groups in total. The highest BCUT2D eigenvalue weighted by molar-refractivity contribution is 8.00. The zero-order valence-electron chi connectivity index (χ0n) is 19.5. The quantitative estimate of drug-likeness (QED) is 0.289. The average Bonchev–Trinajstić information content (AvgIpc) is 3.52. The van der Waals surface area contributed by atoms with Crippen LogP contribution < -0.4 is 4.90 Å². The number of ether oxygens (including phenoxy) is 1. The lowest BCUT2D eigenvalue weighted by Crippen LogP contribution is -2.38. The molecule has 0 amide bonds. The molecule has 1 atom stereocenters. The number of morpholine rings is 1. The van der Waals surface area contributed by atoms with Gasteiger partial charge in [0.1, 0.15) is 5.25 Å². The van der Waals surface area contributed by atoms with Crippen LogP contribution in [-0.4, -0.2) is 51.8 Å². The molecule has 34 heavy (non-hydrogen) atoms. The molecule has 2 aromatic carbocycles. The minimum absolute atomic E-state index is 0.0641. The molecular formula is C26H29N5O2S. The Hall–Kier alpha value is -3.10. The highest BCUT2D eigenvalue weighted by Crippen LogP contribution is 2.39. The van der Waals surface area contributed by atoms with Crippen molar-refractivity contribution in [2.24, 2.45) is 0 Å². The van der Waals surface area contributed by atoms with E-state index < -0.39 is 5.25 Å². The Morgan fingerprint density at radius 2 is 1.88 bits per heavy atom. The number of carbonyl (C=O) groups is 1. The Kier molecular flexibility index (Phi) is 6.69. The minimum Gasteiger partial charge on any atom is -0.378 e. The first-order valence-corrected chi connectivity index (χ1v) is 12.7. The van der Waals surface area contributed by atoms with E-state index in [0.717, 1.165) is 53.6 Å². The van der Waals surface area contributed by atoms with Crippen LogP contribution in [0.5, 0.6) is 0 Å². The molecule has 1 saturated heterocycles. The van der Waals surface area contributed by atoms with E-state index in [9.17, 15) is 4.79 Å². The third kappa shape index (κ3) is 4.23. The SMILES string of the molecule is CCc1cccc2c(C(=O)C(Sc3nnc(N4CCOCC4)n3CC)c3ccccc3)c[nH]c12. The molecule has 0 bridgehead atoms. The number of aromatic nitrogens is 4. The van der Waals surface area contributed by atoms with E-state index in [1.807, 2.05) is 48.7 Å². The molecule has 176 valence electrons. The van der Waals surface area contributed by atoms with Gasteiger partial charge in [-0.25, -0.2) is 0 Å². The Morgan fingerprint density at radius 1 is 1.09 bits per heavy atom. The van der Waals surface area contributed by atoms with Crippen LogP contribution in [0.3, 0.4) is 0 Å². The summed E-state index contributed by atoms with van der Waals surface area (Å²) in [6, 6.07) is 16.1. The van der Waals surface area contributed by atoms with Gasteiger partial charge in [-0.05, 0) is 24.5 Å². The summed E-state index contributed by atoms with van der Waals surface area (Å²) < 4.78 is 7.60. The van der Waals surface area contributed by atoms with Gasteiger partial charge in [0.15, 0.2) is 10.9 Å². The molecule has 7 nitrogen and oxygen atoms in total. The number of nitrogens with zero attached hydrogens (tertiary/aromatic N) is 4. The summed E-state index contributed by atoms with van der Waals surface area (Å²) in [4.78, 5) is 19.6. The Balaban J connectivity index is 1.52. The molecule has 0 spiro atoms. The number of carbonyl (C=O) groups excluding carboxylic acids is 1. The van der Waals surface area contributed by atoms with Gasteiger partial charge in [0.2, 0.25) is 5.95 Å². The molecule has 1 aliphatic heterocycles. The summed E-state index contributed by atoms with van der Waals surface area (Å²) >= 11 is 1.47. The molecule has 4 aromatic rings. The maximum atomic E-state index is 14.0. The number of rotatable bonds is 8. The average molecular weight is 476 g/mol. The van der Waals surface area contributed by atoms with Crippen LogP contribution in [0.4, 0.5) is 5.95 Å². The number of thioether (sulfide) groups is 1. The second kappa shape index (κ2) is 10.0. The molecule has 0 saturated carbocycles. The molecule has 0 radical (unpaired) electrons. The van der Waals surface area contributed by atoms with Crippen LogP contribution in [0, 0.1) is 0 Å². The second-order valence-corrected chi connectivity index (χ2v) is 9.37. The zero-order valence-corrected chi connectivity index (χ0v) is 20.3. The fourth-order valence-corrected chi connectivity index (χ4v) is 5.67. The highest BCUT2D eigenvalue weighted by Gasteiger charge is 2.29. The summed E-state index contributed by atoms with van der Waals surface area (Å²) in [6.07, 6.45) is 2.76. The number of aryl methyl sites for hydroxylation is 1. The number of ketones is 1. The first-order valence-electron chi connectivity index (χ1n) is 11.8. The van der Waals surface area contributed by atoms with Gasteiger partial charge in [0.05, 0.1) is 13.2 Å². The Labute approximate surface area is 203 Å². The second-order valence-electron chi connectivity index (χ2n) is 8.29. The largest absolute Gasteiger partial charge is 0.378 e. The summed E-state index contributed by atoms with van der Waals surface area (Å²) in [6.45, 7) is 7.89. The van der Waals surface area contributed by atoms with Crippen molar-refractivity contribution in [3.8, 4) is 0 Å². The number of nitrogens with one attached hydrogen (secondary N) is 1. The molecule has 3 heterocycles. The van der Waals surface area contributed by atoms with Gasteiger partial charge >= 0.3 is 0 Å². The van der Waals surface area contributed by atoms with Crippen molar-refractivity contribution in [2.75, 3.05) is 31.2 Å². The Bertz CT molecular complexity index is 1280. The number of hydrogen-bond donors (Lipinski definition) is 1. The third-order valence-corrected chi connectivity index (χ3v) is 7.55. The van der Waals surface area contributed by atoms with Gasteiger partial charge in [0, 0.05) is 42.3 Å². The van der Waals surface area contributed by atoms with E-state index in [0.29, 0.717) is 18.8 Å². The topological polar surface area (TPSA) is 76.0 Å². The number of hydrogen-bond acceptors (Lipinski definition) is 6. The molecular weight excluding hydrogens is 446 g/mol. The molecule has 2 aromatic heterocycles. The van der Waals surface area contributed by atoms with E-state index in [1.54, 1.807) is 0 Å². The number of aromatic amines is 1. The van der Waals surface area contributed by atoms with Crippen LogP contribution in [0.1, 0.15) is 40.6 Å². The van der Waals surface area contributed by atoms with Crippen molar-refractivity contribution in [2.45, 2.75) is 37.2 Å². The summed E-state index contributed by atoms with van der Waals surface area (Å²) in [7, 11) is 0. The summed E-state index contributed by atoms with van der Waals surface area (Å²) in [5.41, 5.74) is 3.91. The van der Waals surface area contributed by atoms with E-state index in [2.05, 4.69) is 44.6 Å². The van der Waals surface area contributed by atoms with Gasteiger partial charge in [-0.2, -0.15) is 0 Å². The first kappa shape index (κ1) is 22.7. The van der Waals surface area contributed by atoms with E-state index in [1.165, 1.54) is 17.3 Å². The number of benzene rings is 2. The van der Waals surface area contributed by atoms with Crippen molar-refractivity contribution in [3.63, 3.8) is 0 Å². The molecule has 1 aliphatic rings.